The molecular formula is C12H19N3. The van der Waals surface area contributed by atoms with Crippen LogP contribution in [0.4, 0.5) is 0 Å². The molecule has 1 N–H and O–H groups in total. The van der Waals surface area contributed by atoms with Gasteiger partial charge in [0.05, 0.1) is 6.54 Å². The molecule has 0 unspecified atom stereocenters. The molecule has 82 valence electrons. The van der Waals surface area contributed by atoms with Gasteiger partial charge in [-0.1, -0.05) is 6.92 Å². The first-order chi connectivity index (χ1) is 7.28. The van der Waals surface area contributed by atoms with Crippen LogP contribution < -0.4 is 5.32 Å². The van der Waals surface area contributed by atoms with Crippen LogP contribution >= 0.6 is 0 Å². The molecule has 3 aliphatic rings. The van der Waals surface area contributed by atoms with Crippen molar-refractivity contribution in [3.05, 3.63) is 0 Å². The van der Waals surface area contributed by atoms with Gasteiger partial charge in [0.25, 0.3) is 0 Å². The summed E-state index contributed by atoms with van der Waals surface area (Å²) in [5.74, 6) is 1.93. The molecule has 1 aliphatic carbocycles. The number of hydrogen-bond donors (Lipinski definition) is 1. The molecule has 2 heterocycles. The molecule has 3 heteroatoms. The van der Waals surface area contributed by atoms with Crippen molar-refractivity contribution in [3.63, 3.8) is 0 Å². The number of nitrogens with zero attached hydrogens (tertiary/aromatic N) is 2. The summed E-state index contributed by atoms with van der Waals surface area (Å²) in [6, 6.07) is 0. The van der Waals surface area contributed by atoms with Gasteiger partial charge in [-0.25, -0.2) is 4.99 Å². The second-order valence-electron chi connectivity index (χ2n) is 5.33. The Morgan fingerprint density at radius 1 is 1.27 bits per heavy atom. The van der Waals surface area contributed by atoms with Crippen molar-refractivity contribution in [1.29, 1.82) is 0 Å². The maximum atomic E-state index is 4.78. The smallest absolute Gasteiger partial charge is 0.129 e. The Kier molecular flexibility index (Phi) is 2.16. The maximum Gasteiger partial charge on any atom is 0.129 e. The lowest BCUT2D eigenvalue weighted by Gasteiger charge is -2.32. The van der Waals surface area contributed by atoms with Gasteiger partial charge >= 0.3 is 0 Å². The largest absolute Gasteiger partial charge is 0.317 e. The number of nitrogens with one attached hydrogen (secondary N) is 1. The van der Waals surface area contributed by atoms with Crippen LogP contribution in [-0.4, -0.2) is 31.2 Å². The summed E-state index contributed by atoms with van der Waals surface area (Å²) in [5, 5.41) is 3.41. The molecule has 3 nitrogen and oxygen atoms in total. The minimum atomic E-state index is 0.252. The molecular weight excluding hydrogens is 186 g/mol. The number of hydrogen-bond acceptors (Lipinski definition) is 3. The third-order valence-electron chi connectivity index (χ3n) is 3.94. The van der Waals surface area contributed by atoms with Gasteiger partial charge in [-0.2, -0.15) is 0 Å². The van der Waals surface area contributed by atoms with Gasteiger partial charge in [0.1, 0.15) is 5.84 Å². The van der Waals surface area contributed by atoms with E-state index in [0.717, 1.165) is 31.4 Å². The Balaban J connectivity index is 1.76. The summed E-state index contributed by atoms with van der Waals surface area (Å²) < 4.78 is 0. The standard InChI is InChI=1S/C12H19N3/c1-12(4-6-13-7-5-12)11-14-8-10(15-11)9-2-3-9/h9,13H,2-8H2,1H3. The number of amidine groups is 1. The quantitative estimate of drug-likeness (QED) is 0.731. The number of piperidine rings is 1. The van der Waals surface area contributed by atoms with E-state index in [2.05, 4.69) is 17.2 Å². The molecule has 2 fully saturated rings. The minimum Gasteiger partial charge on any atom is -0.317 e. The average Bonchev–Trinajstić information content (AvgIpc) is 2.97. The highest BCUT2D eigenvalue weighted by atomic mass is 15.0. The van der Waals surface area contributed by atoms with Crippen LogP contribution in [-0.2, 0) is 0 Å². The molecule has 2 aliphatic heterocycles. The zero-order valence-electron chi connectivity index (χ0n) is 9.42. The fourth-order valence-electron chi connectivity index (χ4n) is 2.53. The van der Waals surface area contributed by atoms with Gasteiger partial charge in [0, 0.05) is 11.1 Å². The van der Waals surface area contributed by atoms with E-state index in [0.29, 0.717) is 0 Å². The predicted octanol–water partition coefficient (Wildman–Crippen LogP) is 1.64. The fourth-order valence-corrected chi connectivity index (χ4v) is 2.53. The van der Waals surface area contributed by atoms with Crippen molar-refractivity contribution in [1.82, 2.24) is 5.32 Å². The zero-order valence-corrected chi connectivity index (χ0v) is 9.42. The minimum absolute atomic E-state index is 0.252. The molecule has 0 bridgehead atoms. The highest BCUT2D eigenvalue weighted by molar-refractivity contribution is 6.07. The van der Waals surface area contributed by atoms with Crippen molar-refractivity contribution < 1.29 is 0 Å². The van der Waals surface area contributed by atoms with E-state index in [9.17, 15) is 0 Å². The Morgan fingerprint density at radius 2 is 2.00 bits per heavy atom. The van der Waals surface area contributed by atoms with E-state index in [-0.39, 0.29) is 5.41 Å². The highest BCUT2D eigenvalue weighted by Gasteiger charge is 2.37. The van der Waals surface area contributed by atoms with Crippen molar-refractivity contribution in [2.45, 2.75) is 32.6 Å². The van der Waals surface area contributed by atoms with E-state index in [4.69, 9.17) is 4.99 Å². The normalized spacial score (nSPS) is 29.9. The molecule has 15 heavy (non-hydrogen) atoms. The summed E-state index contributed by atoms with van der Waals surface area (Å²) in [4.78, 5) is 9.44. The van der Waals surface area contributed by atoms with E-state index < -0.39 is 0 Å². The van der Waals surface area contributed by atoms with Crippen molar-refractivity contribution in [2.75, 3.05) is 19.6 Å². The first kappa shape index (κ1) is 9.52. The number of aliphatic imine (C=N–C) groups is 2. The molecule has 0 atom stereocenters. The molecule has 0 aromatic carbocycles. The molecule has 0 amide bonds. The van der Waals surface area contributed by atoms with Crippen LogP contribution in [0.25, 0.3) is 0 Å². The summed E-state index contributed by atoms with van der Waals surface area (Å²) in [7, 11) is 0. The summed E-state index contributed by atoms with van der Waals surface area (Å²) >= 11 is 0. The number of rotatable bonds is 2. The van der Waals surface area contributed by atoms with Gasteiger partial charge in [-0.05, 0) is 44.7 Å². The predicted molar refractivity (Wildman–Crippen MR) is 62.7 cm³/mol. The molecule has 1 saturated heterocycles. The molecule has 0 radical (unpaired) electrons. The summed E-state index contributed by atoms with van der Waals surface area (Å²) in [5.41, 5.74) is 1.62. The van der Waals surface area contributed by atoms with E-state index >= 15 is 0 Å². The van der Waals surface area contributed by atoms with Gasteiger partial charge in [0.2, 0.25) is 0 Å². The second kappa shape index (κ2) is 3.41. The van der Waals surface area contributed by atoms with Gasteiger partial charge in [-0.15, -0.1) is 0 Å². The Hall–Kier alpha value is -0.700. The van der Waals surface area contributed by atoms with Gasteiger partial charge in [0.15, 0.2) is 0 Å². The Morgan fingerprint density at radius 3 is 2.67 bits per heavy atom. The lowest BCUT2D eigenvalue weighted by Crippen LogP contribution is -2.39. The van der Waals surface area contributed by atoms with Crippen molar-refractivity contribution in [3.8, 4) is 0 Å². The van der Waals surface area contributed by atoms with Crippen LogP contribution in [0.2, 0.25) is 0 Å². The van der Waals surface area contributed by atoms with Gasteiger partial charge in [-0.3, -0.25) is 4.99 Å². The Labute approximate surface area is 91.1 Å². The Bertz CT molecular complexity index is 320. The molecule has 0 aromatic heterocycles. The maximum absolute atomic E-state index is 4.78. The third-order valence-corrected chi connectivity index (χ3v) is 3.94. The molecule has 0 spiro atoms. The second-order valence-corrected chi connectivity index (χ2v) is 5.33. The molecule has 0 aromatic rings. The summed E-state index contributed by atoms with van der Waals surface area (Å²) in [6.45, 7) is 5.45. The lowest BCUT2D eigenvalue weighted by molar-refractivity contribution is 0.326. The van der Waals surface area contributed by atoms with E-state index in [1.54, 1.807) is 0 Å². The van der Waals surface area contributed by atoms with Gasteiger partial charge < -0.3 is 5.32 Å². The highest BCUT2D eigenvalue weighted by Crippen LogP contribution is 2.36. The fraction of sp³-hybridized carbons (Fsp3) is 0.833. The van der Waals surface area contributed by atoms with Crippen molar-refractivity contribution >= 4 is 11.5 Å². The lowest BCUT2D eigenvalue weighted by atomic mass is 9.80. The van der Waals surface area contributed by atoms with Crippen LogP contribution in [0.1, 0.15) is 32.6 Å². The van der Waals surface area contributed by atoms with E-state index in [1.807, 2.05) is 0 Å². The van der Waals surface area contributed by atoms with Crippen LogP contribution in [0.5, 0.6) is 0 Å². The first-order valence-electron chi connectivity index (χ1n) is 6.11. The van der Waals surface area contributed by atoms with Crippen LogP contribution in [0.15, 0.2) is 9.98 Å². The average molecular weight is 205 g/mol. The molecule has 3 rings (SSSR count). The van der Waals surface area contributed by atoms with Crippen LogP contribution in [0, 0.1) is 11.3 Å². The monoisotopic (exact) mass is 205 g/mol. The molecule has 1 saturated carbocycles. The van der Waals surface area contributed by atoms with Crippen molar-refractivity contribution in [2.24, 2.45) is 21.3 Å². The topological polar surface area (TPSA) is 36.8 Å². The van der Waals surface area contributed by atoms with E-state index in [1.165, 1.54) is 31.4 Å². The summed E-state index contributed by atoms with van der Waals surface area (Å²) in [6.07, 6.45) is 5.07. The first-order valence-corrected chi connectivity index (χ1v) is 6.11. The van der Waals surface area contributed by atoms with Crippen LogP contribution in [0.3, 0.4) is 0 Å². The third kappa shape index (κ3) is 1.73. The SMILES string of the molecule is CC1(C2=NCC(C3CC3)=N2)CCNCC1. The zero-order chi connectivity index (χ0) is 10.3.